The van der Waals surface area contributed by atoms with E-state index in [4.69, 9.17) is 11.6 Å². The highest BCUT2D eigenvalue weighted by molar-refractivity contribution is 7.90. The van der Waals surface area contributed by atoms with E-state index in [1.165, 1.54) is 12.1 Å². The second-order valence-corrected chi connectivity index (χ2v) is 8.95. The summed E-state index contributed by atoms with van der Waals surface area (Å²) in [4.78, 5) is 12.7. The zero-order valence-electron chi connectivity index (χ0n) is 14.8. The van der Waals surface area contributed by atoms with E-state index < -0.39 is 20.4 Å². The number of para-hydroxylation sites is 2. The van der Waals surface area contributed by atoms with E-state index in [1.807, 2.05) is 24.3 Å². The van der Waals surface area contributed by atoms with Gasteiger partial charge in [-0.2, -0.15) is 0 Å². The molecule has 9 heteroatoms. The standard InChI is InChI=1S/C18H20ClN3O4S/c1-27(25,26)17-10-4-8-15(18(17)22(23)24)20-13-6-5-11-21(12-13)16-9-3-2-7-14(16)19/h2-4,7-10,13,20H,5-6,11-12H2,1H3. The Balaban J connectivity index is 1.87. The molecule has 0 aromatic heterocycles. The van der Waals surface area contributed by atoms with Gasteiger partial charge in [0.15, 0.2) is 9.84 Å². The van der Waals surface area contributed by atoms with Crippen LogP contribution in [0.3, 0.4) is 0 Å². The minimum Gasteiger partial charge on any atom is -0.375 e. The van der Waals surface area contributed by atoms with Crippen molar-refractivity contribution < 1.29 is 13.3 Å². The van der Waals surface area contributed by atoms with Gasteiger partial charge in [0, 0.05) is 25.4 Å². The van der Waals surface area contributed by atoms with E-state index in [1.54, 1.807) is 6.07 Å². The Morgan fingerprint density at radius 1 is 1.22 bits per heavy atom. The van der Waals surface area contributed by atoms with Crippen LogP contribution in [0.5, 0.6) is 0 Å². The molecule has 7 nitrogen and oxygen atoms in total. The number of nitro benzene ring substituents is 1. The SMILES string of the molecule is CS(=O)(=O)c1cccc(NC2CCCN(c3ccccc3Cl)C2)c1[N+](=O)[O-]. The Morgan fingerprint density at radius 2 is 1.96 bits per heavy atom. The number of sulfone groups is 1. The second kappa shape index (κ2) is 7.74. The van der Waals surface area contributed by atoms with Crippen molar-refractivity contribution in [2.75, 3.05) is 29.6 Å². The van der Waals surface area contributed by atoms with E-state index in [9.17, 15) is 18.5 Å². The van der Waals surface area contributed by atoms with Gasteiger partial charge in [-0.05, 0) is 37.1 Å². The van der Waals surface area contributed by atoms with Gasteiger partial charge in [0.1, 0.15) is 10.6 Å². The van der Waals surface area contributed by atoms with Gasteiger partial charge < -0.3 is 10.2 Å². The highest BCUT2D eigenvalue weighted by Gasteiger charge is 2.29. The second-order valence-electron chi connectivity index (χ2n) is 6.56. The lowest BCUT2D eigenvalue weighted by Gasteiger charge is -2.35. The summed E-state index contributed by atoms with van der Waals surface area (Å²) < 4.78 is 23.8. The summed E-state index contributed by atoms with van der Waals surface area (Å²) in [5, 5.41) is 15.4. The molecule has 2 aromatic rings. The molecule has 27 heavy (non-hydrogen) atoms. The first-order chi connectivity index (χ1) is 12.8. The Kier molecular flexibility index (Phi) is 5.57. The average molecular weight is 410 g/mol. The molecule has 0 radical (unpaired) electrons. The molecule has 1 aliphatic heterocycles. The number of anilines is 2. The van der Waals surface area contributed by atoms with Gasteiger partial charge in [0.05, 0.1) is 15.6 Å². The number of halogens is 1. The largest absolute Gasteiger partial charge is 0.375 e. The van der Waals surface area contributed by atoms with Crippen molar-refractivity contribution >= 4 is 38.5 Å². The first-order valence-corrected chi connectivity index (χ1v) is 10.8. The number of piperidine rings is 1. The van der Waals surface area contributed by atoms with Crippen molar-refractivity contribution in [1.29, 1.82) is 0 Å². The third kappa shape index (κ3) is 4.33. The minimum atomic E-state index is -3.71. The van der Waals surface area contributed by atoms with Crippen LogP contribution in [0.2, 0.25) is 5.02 Å². The average Bonchev–Trinajstić information content (AvgIpc) is 2.61. The van der Waals surface area contributed by atoms with E-state index in [-0.39, 0.29) is 16.6 Å². The molecule has 0 saturated carbocycles. The predicted molar refractivity (Wildman–Crippen MR) is 107 cm³/mol. The van der Waals surface area contributed by atoms with Gasteiger partial charge >= 0.3 is 5.69 Å². The quantitative estimate of drug-likeness (QED) is 0.597. The zero-order chi connectivity index (χ0) is 19.6. The van der Waals surface area contributed by atoms with Gasteiger partial charge in [-0.25, -0.2) is 8.42 Å². The fourth-order valence-corrected chi connectivity index (χ4v) is 4.48. The van der Waals surface area contributed by atoms with Gasteiger partial charge in [-0.15, -0.1) is 0 Å². The lowest BCUT2D eigenvalue weighted by molar-refractivity contribution is -0.386. The van der Waals surface area contributed by atoms with Crippen LogP contribution in [0, 0.1) is 10.1 Å². The van der Waals surface area contributed by atoms with Crippen LogP contribution in [0.1, 0.15) is 12.8 Å². The van der Waals surface area contributed by atoms with Crippen LogP contribution < -0.4 is 10.2 Å². The molecule has 0 aliphatic carbocycles. The van der Waals surface area contributed by atoms with Crippen molar-refractivity contribution in [3.05, 3.63) is 57.6 Å². The van der Waals surface area contributed by atoms with Crippen molar-refractivity contribution in [2.45, 2.75) is 23.8 Å². The Hall–Kier alpha value is -2.32. The topological polar surface area (TPSA) is 92.6 Å². The number of hydrogen-bond acceptors (Lipinski definition) is 6. The number of benzene rings is 2. The first kappa shape index (κ1) is 19.4. The van der Waals surface area contributed by atoms with Crippen molar-refractivity contribution in [3.63, 3.8) is 0 Å². The molecule has 1 atom stereocenters. The highest BCUT2D eigenvalue weighted by atomic mass is 35.5. The van der Waals surface area contributed by atoms with E-state index in [2.05, 4.69) is 10.2 Å². The molecule has 1 heterocycles. The smallest absolute Gasteiger partial charge is 0.310 e. The summed E-state index contributed by atoms with van der Waals surface area (Å²) in [6.45, 7) is 1.46. The van der Waals surface area contributed by atoms with Gasteiger partial charge in [0.25, 0.3) is 0 Å². The number of nitrogens with zero attached hydrogens (tertiary/aromatic N) is 2. The molecule has 1 saturated heterocycles. The lowest BCUT2D eigenvalue weighted by Crippen LogP contribution is -2.42. The summed E-state index contributed by atoms with van der Waals surface area (Å²) in [5.74, 6) is 0. The number of nitro groups is 1. The minimum absolute atomic E-state index is 0.0662. The van der Waals surface area contributed by atoms with Crippen molar-refractivity contribution in [3.8, 4) is 0 Å². The molecule has 1 unspecified atom stereocenters. The van der Waals surface area contributed by atoms with Crippen molar-refractivity contribution in [2.24, 2.45) is 0 Å². The van der Waals surface area contributed by atoms with Gasteiger partial charge in [-0.1, -0.05) is 29.8 Å². The van der Waals surface area contributed by atoms with Crippen LogP contribution in [0.15, 0.2) is 47.4 Å². The summed E-state index contributed by atoms with van der Waals surface area (Å²) in [6.07, 6.45) is 2.68. The van der Waals surface area contributed by atoms with E-state index in [0.29, 0.717) is 11.6 Å². The molecule has 1 fully saturated rings. The molecule has 0 spiro atoms. The van der Waals surface area contributed by atoms with E-state index in [0.717, 1.165) is 31.3 Å². The zero-order valence-corrected chi connectivity index (χ0v) is 16.3. The monoisotopic (exact) mass is 409 g/mol. The molecule has 0 bridgehead atoms. The van der Waals surface area contributed by atoms with Crippen LogP contribution in [-0.4, -0.2) is 38.7 Å². The predicted octanol–water partition coefficient (Wildman–Crippen LogP) is 3.73. The first-order valence-electron chi connectivity index (χ1n) is 8.51. The number of nitrogens with one attached hydrogen (secondary N) is 1. The van der Waals surface area contributed by atoms with E-state index >= 15 is 0 Å². The molecule has 144 valence electrons. The lowest BCUT2D eigenvalue weighted by atomic mass is 10.0. The number of rotatable bonds is 5. The molecular weight excluding hydrogens is 390 g/mol. The Labute approximate surface area is 163 Å². The Morgan fingerprint density at radius 3 is 2.63 bits per heavy atom. The molecule has 1 aliphatic rings. The summed E-state index contributed by atoms with van der Waals surface area (Å²) in [6, 6.07) is 11.8. The highest BCUT2D eigenvalue weighted by Crippen LogP contribution is 2.34. The van der Waals surface area contributed by atoms with Crippen LogP contribution in [0.4, 0.5) is 17.1 Å². The fourth-order valence-electron chi connectivity index (χ4n) is 3.37. The van der Waals surface area contributed by atoms with Gasteiger partial charge in [0.2, 0.25) is 0 Å². The molecular formula is C18H20ClN3O4S. The number of hydrogen-bond donors (Lipinski definition) is 1. The fraction of sp³-hybridized carbons (Fsp3) is 0.333. The maximum Gasteiger partial charge on any atom is 0.310 e. The summed E-state index contributed by atoms with van der Waals surface area (Å²) in [7, 11) is -3.71. The summed E-state index contributed by atoms with van der Waals surface area (Å²) in [5.41, 5.74) is 0.730. The summed E-state index contributed by atoms with van der Waals surface area (Å²) >= 11 is 6.29. The van der Waals surface area contributed by atoms with Gasteiger partial charge in [-0.3, -0.25) is 10.1 Å². The maximum atomic E-state index is 11.9. The third-order valence-corrected chi connectivity index (χ3v) is 6.00. The van der Waals surface area contributed by atoms with Crippen LogP contribution in [0.25, 0.3) is 0 Å². The molecule has 1 N–H and O–H groups in total. The molecule has 3 rings (SSSR count). The normalized spacial score (nSPS) is 17.6. The van der Waals surface area contributed by atoms with Crippen LogP contribution >= 0.6 is 11.6 Å². The van der Waals surface area contributed by atoms with Crippen LogP contribution in [-0.2, 0) is 9.84 Å². The molecule has 2 aromatic carbocycles. The Bertz CT molecular complexity index is 965. The maximum absolute atomic E-state index is 11.9. The van der Waals surface area contributed by atoms with Crippen molar-refractivity contribution in [1.82, 2.24) is 0 Å². The third-order valence-electron chi connectivity index (χ3n) is 4.56. The molecule has 0 amide bonds.